The summed E-state index contributed by atoms with van der Waals surface area (Å²) >= 11 is 0. The van der Waals surface area contributed by atoms with Crippen LogP contribution >= 0.6 is 0 Å². The first kappa shape index (κ1) is 14.4. The highest BCUT2D eigenvalue weighted by molar-refractivity contribution is 5.41. The quantitative estimate of drug-likeness (QED) is 0.873. The molecular formula is C17H21NO2. The van der Waals surface area contributed by atoms with Crippen LogP contribution in [-0.4, -0.2) is 12.2 Å². The van der Waals surface area contributed by atoms with Crippen molar-refractivity contribution in [1.29, 1.82) is 0 Å². The van der Waals surface area contributed by atoms with Crippen LogP contribution in [0.3, 0.4) is 0 Å². The van der Waals surface area contributed by atoms with Crippen LogP contribution in [0.15, 0.2) is 42.5 Å². The molecule has 0 amide bonds. The zero-order valence-corrected chi connectivity index (χ0v) is 12.2. The molecule has 1 atom stereocenters. The van der Waals surface area contributed by atoms with Crippen LogP contribution in [0.2, 0.25) is 0 Å². The predicted molar refractivity (Wildman–Crippen MR) is 81.1 cm³/mol. The van der Waals surface area contributed by atoms with Crippen LogP contribution in [0.25, 0.3) is 0 Å². The van der Waals surface area contributed by atoms with E-state index in [4.69, 9.17) is 4.74 Å². The zero-order valence-electron chi connectivity index (χ0n) is 12.2. The summed E-state index contributed by atoms with van der Waals surface area (Å²) in [5.41, 5.74) is 3.61. The number of phenolic OH excluding ortho intramolecular Hbond substituents is 1. The normalized spacial score (nSPS) is 12.2. The summed E-state index contributed by atoms with van der Waals surface area (Å²) in [5.74, 6) is 0.677. The lowest BCUT2D eigenvalue weighted by molar-refractivity contribution is 0.373. The molecule has 0 radical (unpaired) electrons. The Bertz CT molecular complexity index is 581. The van der Waals surface area contributed by atoms with Crippen molar-refractivity contribution in [2.75, 3.05) is 7.11 Å². The van der Waals surface area contributed by atoms with E-state index in [0.29, 0.717) is 12.3 Å². The van der Waals surface area contributed by atoms with Gasteiger partial charge in [-0.2, -0.15) is 0 Å². The lowest BCUT2D eigenvalue weighted by Gasteiger charge is -2.17. The Kier molecular flexibility index (Phi) is 4.64. The van der Waals surface area contributed by atoms with Crippen molar-refractivity contribution < 1.29 is 9.84 Å². The molecule has 2 aromatic carbocycles. The second-order valence-corrected chi connectivity index (χ2v) is 4.97. The number of aryl methyl sites for hydroxylation is 1. The Morgan fingerprint density at radius 2 is 1.95 bits per heavy atom. The fraction of sp³-hybridized carbons (Fsp3) is 0.294. The maximum atomic E-state index is 9.76. The first-order valence-corrected chi connectivity index (χ1v) is 6.76. The Labute approximate surface area is 120 Å². The van der Waals surface area contributed by atoms with E-state index in [1.807, 2.05) is 12.1 Å². The monoisotopic (exact) mass is 271 g/mol. The van der Waals surface area contributed by atoms with Gasteiger partial charge in [-0.15, -0.1) is 0 Å². The molecule has 0 aliphatic rings. The van der Waals surface area contributed by atoms with Gasteiger partial charge in [-0.3, -0.25) is 0 Å². The molecule has 3 heteroatoms. The first-order valence-electron chi connectivity index (χ1n) is 6.76. The van der Waals surface area contributed by atoms with Crippen molar-refractivity contribution >= 4 is 0 Å². The molecule has 0 heterocycles. The Morgan fingerprint density at radius 3 is 2.60 bits per heavy atom. The molecule has 0 unspecified atom stereocenters. The van der Waals surface area contributed by atoms with Gasteiger partial charge in [0.25, 0.3) is 0 Å². The van der Waals surface area contributed by atoms with Crippen molar-refractivity contribution in [3.8, 4) is 11.5 Å². The molecule has 2 aromatic rings. The molecule has 0 saturated carbocycles. The van der Waals surface area contributed by atoms with E-state index >= 15 is 0 Å². The molecular weight excluding hydrogens is 250 g/mol. The van der Waals surface area contributed by atoms with Crippen LogP contribution in [0.5, 0.6) is 11.5 Å². The average molecular weight is 271 g/mol. The van der Waals surface area contributed by atoms with E-state index in [0.717, 1.165) is 5.56 Å². The molecule has 0 bridgehead atoms. The lowest BCUT2D eigenvalue weighted by Crippen LogP contribution is -2.18. The standard InChI is InChI=1S/C17H21NO2/c1-12-6-4-5-7-15(12)13(2)18-11-14-8-9-17(20-3)16(19)10-14/h4-10,13,18-19H,11H2,1-3H3/t13-/m0/s1. The van der Waals surface area contributed by atoms with E-state index in [1.54, 1.807) is 19.2 Å². The molecule has 2 N–H and O–H groups in total. The van der Waals surface area contributed by atoms with Crippen molar-refractivity contribution in [3.05, 3.63) is 59.2 Å². The van der Waals surface area contributed by atoms with Gasteiger partial charge in [0.1, 0.15) is 0 Å². The fourth-order valence-corrected chi connectivity index (χ4v) is 2.30. The Balaban J connectivity index is 2.02. The number of benzene rings is 2. The summed E-state index contributed by atoms with van der Waals surface area (Å²) in [6.45, 7) is 4.96. The van der Waals surface area contributed by atoms with Gasteiger partial charge in [0.2, 0.25) is 0 Å². The molecule has 3 nitrogen and oxygen atoms in total. The van der Waals surface area contributed by atoms with Crippen molar-refractivity contribution in [1.82, 2.24) is 5.32 Å². The highest BCUT2D eigenvalue weighted by Gasteiger charge is 2.08. The molecule has 0 aliphatic heterocycles. The molecule has 0 saturated heterocycles. The highest BCUT2D eigenvalue weighted by atomic mass is 16.5. The number of ether oxygens (including phenoxy) is 1. The number of hydrogen-bond acceptors (Lipinski definition) is 3. The van der Waals surface area contributed by atoms with Gasteiger partial charge in [-0.1, -0.05) is 30.3 Å². The maximum absolute atomic E-state index is 9.76. The van der Waals surface area contributed by atoms with Gasteiger partial charge < -0.3 is 15.2 Å². The summed E-state index contributed by atoms with van der Waals surface area (Å²) < 4.78 is 5.04. The molecule has 106 valence electrons. The Morgan fingerprint density at radius 1 is 1.20 bits per heavy atom. The summed E-state index contributed by atoms with van der Waals surface area (Å²) in [6, 6.07) is 14.1. The number of methoxy groups -OCH3 is 1. The van der Waals surface area contributed by atoms with Crippen molar-refractivity contribution in [3.63, 3.8) is 0 Å². The summed E-state index contributed by atoms with van der Waals surface area (Å²) in [5, 5.41) is 13.2. The van der Waals surface area contributed by atoms with E-state index < -0.39 is 0 Å². The average Bonchev–Trinajstić information content (AvgIpc) is 2.45. The highest BCUT2D eigenvalue weighted by Crippen LogP contribution is 2.26. The van der Waals surface area contributed by atoms with E-state index in [2.05, 4.69) is 37.4 Å². The second-order valence-electron chi connectivity index (χ2n) is 4.97. The molecule has 0 spiro atoms. The van der Waals surface area contributed by atoms with Gasteiger partial charge in [0.05, 0.1) is 7.11 Å². The van der Waals surface area contributed by atoms with E-state index in [1.165, 1.54) is 11.1 Å². The Hall–Kier alpha value is -2.00. The van der Waals surface area contributed by atoms with Crippen LogP contribution in [-0.2, 0) is 6.54 Å². The minimum absolute atomic E-state index is 0.176. The van der Waals surface area contributed by atoms with Gasteiger partial charge in [0.15, 0.2) is 11.5 Å². The summed E-state index contributed by atoms with van der Waals surface area (Å²) in [6.07, 6.45) is 0. The minimum Gasteiger partial charge on any atom is -0.504 e. The molecule has 0 aliphatic carbocycles. The van der Waals surface area contributed by atoms with E-state index in [-0.39, 0.29) is 11.8 Å². The van der Waals surface area contributed by atoms with Crippen LogP contribution < -0.4 is 10.1 Å². The van der Waals surface area contributed by atoms with Crippen molar-refractivity contribution in [2.45, 2.75) is 26.4 Å². The summed E-state index contributed by atoms with van der Waals surface area (Å²) in [7, 11) is 1.55. The third-order valence-electron chi connectivity index (χ3n) is 3.51. The number of phenols is 1. The van der Waals surface area contributed by atoms with Gasteiger partial charge in [-0.25, -0.2) is 0 Å². The second kappa shape index (κ2) is 6.44. The number of rotatable bonds is 5. The third-order valence-corrected chi connectivity index (χ3v) is 3.51. The molecule has 20 heavy (non-hydrogen) atoms. The van der Waals surface area contributed by atoms with Gasteiger partial charge in [0, 0.05) is 12.6 Å². The molecule has 2 rings (SSSR count). The molecule has 0 fully saturated rings. The van der Waals surface area contributed by atoms with Crippen LogP contribution in [0.4, 0.5) is 0 Å². The number of aromatic hydroxyl groups is 1. The first-order chi connectivity index (χ1) is 9.61. The summed E-state index contributed by atoms with van der Waals surface area (Å²) in [4.78, 5) is 0. The minimum atomic E-state index is 0.176. The van der Waals surface area contributed by atoms with Crippen molar-refractivity contribution in [2.24, 2.45) is 0 Å². The SMILES string of the molecule is COc1ccc(CN[C@@H](C)c2ccccc2C)cc1O. The van der Waals surface area contributed by atoms with Gasteiger partial charge >= 0.3 is 0 Å². The zero-order chi connectivity index (χ0) is 14.5. The maximum Gasteiger partial charge on any atom is 0.160 e. The largest absolute Gasteiger partial charge is 0.504 e. The number of nitrogens with one attached hydrogen (secondary N) is 1. The predicted octanol–water partition coefficient (Wildman–Crippen LogP) is 3.56. The van der Waals surface area contributed by atoms with Crippen LogP contribution in [0, 0.1) is 6.92 Å². The van der Waals surface area contributed by atoms with Crippen LogP contribution in [0.1, 0.15) is 29.7 Å². The third kappa shape index (κ3) is 3.31. The molecule has 0 aromatic heterocycles. The van der Waals surface area contributed by atoms with Gasteiger partial charge in [-0.05, 0) is 42.7 Å². The topological polar surface area (TPSA) is 41.5 Å². The number of hydrogen-bond donors (Lipinski definition) is 2. The smallest absolute Gasteiger partial charge is 0.160 e. The lowest BCUT2D eigenvalue weighted by atomic mass is 10.0. The fourth-order valence-electron chi connectivity index (χ4n) is 2.30. The van der Waals surface area contributed by atoms with E-state index in [9.17, 15) is 5.11 Å².